The maximum absolute atomic E-state index is 5.86. The summed E-state index contributed by atoms with van der Waals surface area (Å²) in [6.45, 7) is 1.91. The number of rotatable bonds is 1. The van der Waals surface area contributed by atoms with Crippen molar-refractivity contribution in [2.45, 2.75) is 19.3 Å². The molecule has 5 nitrogen and oxygen atoms in total. The highest BCUT2D eigenvalue weighted by atomic mass is 35.5. The van der Waals surface area contributed by atoms with E-state index in [9.17, 15) is 0 Å². The van der Waals surface area contributed by atoms with Gasteiger partial charge >= 0.3 is 0 Å². The maximum Gasteiger partial charge on any atom is 0.223 e. The minimum atomic E-state index is 0.176. The number of hydrogen-bond acceptors (Lipinski definition) is 5. The van der Waals surface area contributed by atoms with Gasteiger partial charge in [0.15, 0.2) is 11.0 Å². The molecule has 1 saturated heterocycles. The number of piperidine rings is 1. The van der Waals surface area contributed by atoms with Crippen LogP contribution < -0.4 is 16.4 Å². The van der Waals surface area contributed by atoms with Crippen molar-refractivity contribution in [3.63, 3.8) is 0 Å². The second-order valence-electron chi connectivity index (χ2n) is 3.66. The van der Waals surface area contributed by atoms with Gasteiger partial charge in [-0.1, -0.05) is 11.6 Å². The van der Waals surface area contributed by atoms with E-state index in [1.165, 1.54) is 6.42 Å². The van der Waals surface area contributed by atoms with Crippen LogP contribution >= 0.6 is 11.6 Å². The van der Waals surface area contributed by atoms with Gasteiger partial charge in [-0.2, -0.15) is 9.97 Å². The van der Waals surface area contributed by atoms with Gasteiger partial charge in [-0.15, -0.1) is 0 Å². The van der Waals surface area contributed by atoms with Crippen molar-refractivity contribution >= 4 is 29.1 Å². The van der Waals surface area contributed by atoms with E-state index in [0.29, 0.717) is 11.5 Å². The average molecular weight is 228 g/mol. The van der Waals surface area contributed by atoms with Crippen LogP contribution in [0.1, 0.15) is 19.3 Å². The van der Waals surface area contributed by atoms with Crippen molar-refractivity contribution < 1.29 is 0 Å². The molecule has 0 saturated carbocycles. The third-order valence-electron chi connectivity index (χ3n) is 2.55. The summed E-state index contributed by atoms with van der Waals surface area (Å²) in [6, 6.07) is 0. The third-order valence-corrected chi connectivity index (χ3v) is 2.84. The summed E-state index contributed by atoms with van der Waals surface area (Å²) in [5, 5.41) is 0.239. The number of nitrogens with two attached hydrogens (primary N) is 2. The Morgan fingerprint density at radius 3 is 2.40 bits per heavy atom. The molecule has 2 heterocycles. The largest absolute Gasteiger partial charge is 0.393 e. The molecule has 0 radical (unpaired) electrons. The molecule has 1 aliphatic rings. The van der Waals surface area contributed by atoms with Crippen molar-refractivity contribution in [2.24, 2.45) is 0 Å². The van der Waals surface area contributed by atoms with E-state index in [1.807, 2.05) is 0 Å². The minimum Gasteiger partial charge on any atom is -0.393 e. The van der Waals surface area contributed by atoms with Gasteiger partial charge in [-0.25, -0.2) is 0 Å². The summed E-state index contributed by atoms with van der Waals surface area (Å²) >= 11 is 5.86. The predicted molar refractivity (Wildman–Crippen MR) is 61.9 cm³/mol. The molecule has 0 amide bonds. The molecule has 0 unspecified atom stereocenters. The number of anilines is 3. The van der Waals surface area contributed by atoms with Crippen LogP contribution in [0.15, 0.2) is 0 Å². The number of hydrogen-bond donors (Lipinski definition) is 2. The van der Waals surface area contributed by atoms with Gasteiger partial charge in [-0.3, -0.25) is 0 Å². The lowest BCUT2D eigenvalue weighted by atomic mass is 10.1. The van der Waals surface area contributed by atoms with Crippen molar-refractivity contribution in [3.05, 3.63) is 5.15 Å². The summed E-state index contributed by atoms with van der Waals surface area (Å²) in [5.74, 6) is 0.849. The number of nitrogen functional groups attached to an aromatic ring is 2. The molecule has 0 aromatic carbocycles. The summed E-state index contributed by atoms with van der Waals surface area (Å²) in [6.07, 6.45) is 3.56. The monoisotopic (exact) mass is 227 g/mol. The number of nitrogens with zero attached hydrogens (tertiary/aromatic N) is 3. The normalized spacial score (nSPS) is 16.7. The number of aromatic nitrogens is 2. The molecule has 0 spiro atoms. The van der Waals surface area contributed by atoms with E-state index in [-0.39, 0.29) is 11.1 Å². The first-order valence-corrected chi connectivity index (χ1v) is 5.39. The zero-order valence-corrected chi connectivity index (χ0v) is 9.17. The minimum absolute atomic E-state index is 0.176. The summed E-state index contributed by atoms with van der Waals surface area (Å²) in [7, 11) is 0. The Morgan fingerprint density at radius 2 is 1.73 bits per heavy atom. The highest BCUT2D eigenvalue weighted by Gasteiger charge is 2.17. The van der Waals surface area contributed by atoms with Crippen LogP contribution in [0.5, 0.6) is 0 Å². The van der Waals surface area contributed by atoms with Crippen LogP contribution in [0.25, 0.3) is 0 Å². The zero-order chi connectivity index (χ0) is 10.8. The van der Waals surface area contributed by atoms with Crippen LogP contribution in [0.4, 0.5) is 17.5 Å². The van der Waals surface area contributed by atoms with E-state index >= 15 is 0 Å². The molecule has 1 aromatic heterocycles. The SMILES string of the molecule is Nc1nc(Cl)c(N)c(N2CCCCC2)n1. The van der Waals surface area contributed by atoms with Crippen molar-refractivity contribution in [1.29, 1.82) is 0 Å². The van der Waals surface area contributed by atoms with E-state index in [2.05, 4.69) is 14.9 Å². The number of halogens is 1. The molecule has 2 rings (SSSR count). The molecule has 0 aliphatic carbocycles. The lowest BCUT2D eigenvalue weighted by Crippen LogP contribution is -2.31. The smallest absolute Gasteiger partial charge is 0.223 e. The molecular weight excluding hydrogens is 214 g/mol. The van der Waals surface area contributed by atoms with Gasteiger partial charge in [0.25, 0.3) is 0 Å². The summed E-state index contributed by atoms with van der Waals surface area (Å²) in [4.78, 5) is 10.1. The summed E-state index contributed by atoms with van der Waals surface area (Å²) in [5.41, 5.74) is 11.8. The zero-order valence-electron chi connectivity index (χ0n) is 8.41. The van der Waals surface area contributed by atoms with Gasteiger partial charge in [-0.05, 0) is 19.3 Å². The Hall–Kier alpha value is -1.23. The fourth-order valence-electron chi connectivity index (χ4n) is 1.79. The molecule has 1 aliphatic heterocycles. The Bertz CT molecular complexity index is 362. The Kier molecular flexibility index (Phi) is 2.81. The molecule has 1 aromatic rings. The van der Waals surface area contributed by atoms with Gasteiger partial charge in [0.2, 0.25) is 5.95 Å². The molecule has 6 heteroatoms. The second-order valence-corrected chi connectivity index (χ2v) is 4.02. The molecule has 4 N–H and O–H groups in total. The highest BCUT2D eigenvalue weighted by Crippen LogP contribution is 2.29. The first kappa shape index (κ1) is 10.3. The highest BCUT2D eigenvalue weighted by molar-refractivity contribution is 6.32. The molecule has 0 bridgehead atoms. The van der Waals surface area contributed by atoms with Gasteiger partial charge in [0.1, 0.15) is 5.69 Å². The first-order chi connectivity index (χ1) is 7.18. The van der Waals surface area contributed by atoms with E-state index < -0.39 is 0 Å². The summed E-state index contributed by atoms with van der Waals surface area (Å²) < 4.78 is 0. The van der Waals surface area contributed by atoms with Crippen molar-refractivity contribution in [2.75, 3.05) is 29.5 Å². The van der Waals surface area contributed by atoms with E-state index in [4.69, 9.17) is 23.1 Å². The van der Waals surface area contributed by atoms with Crippen LogP contribution in [0.3, 0.4) is 0 Å². The Labute approximate surface area is 93.4 Å². The topological polar surface area (TPSA) is 81.1 Å². The fraction of sp³-hybridized carbons (Fsp3) is 0.556. The molecule has 82 valence electrons. The average Bonchev–Trinajstić information content (AvgIpc) is 2.24. The molecular formula is C9H14ClN5. The lowest BCUT2D eigenvalue weighted by molar-refractivity contribution is 0.574. The van der Waals surface area contributed by atoms with Gasteiger partial charge in [0.05, 0.1) is 0 Å². The quantitative estimate of drug-likeness (QED) is 0.707. The van der Waals surface area contributed by atoms with E-state index in [0.717, 1.165) is 25.9 Å². The fourth-order valence-corrected chi connectivity index (χ4v) is 1.96. The third kappa shape index (κ3) is 2.07. The Morgan fingerprint density at radius 1 is 1.07 bits per heavy atom. The lowest BCUT2D eigenvalue weighted by Gasteiger charge is -2.28. The van der Waals surface area contributed by atoms with Gasteiger partial charge in [0, 0.05) is 13.1 Å². The molecule has 0 atom stereocenters. The standard InChI is InChI=1S/C9H14ClN5/c10-7-6(11)8(14-9(12)13-7)15-4-2-1-3-5-15/h1-5,11H2,(H2,12,13,14). The van der Waals surface area contributed by atoms with Crippen LogP contribution in [-0.2, 0) is 0 Å². The second kappa shape index (κ2) is 4.10. The van der Waals surface area contributed by atoms with Crippen LogP contribution in [0, 0.1) is 0 Å². The van der Waals surface area contributed by atoms with Crippen molar-refractivity contribution in [1.82, 2.24) is 9.97 Å². The predicted octanol–water partition coefficient (Wildman–Crippen LogP) is 1.28. The van der Waals surface area contributed by atoms with Crippen LogP contribution in [-0.4, -0.2) is 23.1 Å². The van der Waals surface area contributed by atoms with Crippen LogP contribution in [0.2, 0.25) is 5.15 Å². The maximum atomic E-state index is 5.86. The molecule has 1 fully saturated rings. The van der Waals surface area contributed by atoms with Crippen molar-refractivity contribution in [3.8, 4) is 0 Å². The van der Waals surface area contributed by atoms with E-state index in [1.54, 1.807) is 0 Å². The Balaban J connectivity index is 2.33. The first-order valence-electron chi connectivity index (χ1n) is 5.02. The molecule has 15 heavy (non-hydrogen) atoms. The van der Waals surface area contributed by atoms with Gasteiger partial charge < -0.3 is 16.4 Å².